The number of ketones is 1. The van der Waals surface area contributed by atoms with E-state index in [2.05, 4.69) is 20.8 Å². The first-order valence-corrected chi connectivity index (χ1v) is 5.85. The van der Waals surface area contributed by atoms with Crippen LogP contribution in [-0.2, 0) is 4.79 Å². The average Bonchev–Trinajstić information content (AvgIpc) is 2.52. The first kappa shape index (κ1) is 11.1. The molecular weight excluding hydrogens is 198 g/mol. The van der Waals surface area contributed by atoms with Crippen molar-refractivity contribution in [1.82, 2.24) is 0 Å². The molecule has 0 aliphatic heterocycles. The molecule has 2 heteroatoms. The van der Waals surface area contributed by atoms with Crippen LogP contribution in [0.15, 0.2) is 23.3 Å². The molecule has 0 radical (unpaired) electrons. The van der Waals surface area contributed by atoms with Gasteiger partial charge < -0.3 is 0 Å². The highest BCUT2D eigenvalue weighted by atomic mass is 16.1. The number of hydrogen-bond acceptors (Lipinski definition) is 2. The highest BCUT2D eigenvalue weighted by Crippen LogP contribution is 2.57. The van der Waals surface area contributed by atoms with Gasteiger partial charge in [0.2, 0.25) is 0 Å². The van der Waals surface area contributed by atoms with Crippen molar-refractivity contribution < 1.29 is 4.79 Å². The molecule has 1 atom stereocenters. The van der Waals surface area contributed by atoms with Crippen LogP contribution in [0, 0.1) is 22.2 Å². The minimum absolute atomic E-state index is 0.0253. The first-order chi connectivity index (χ1) is 7.45. The van der Waals surface area contributed by atoms with Crippen LogP contribution in [0.3, 0.4) is 0 Å². The second kappa shape index (κ2) is 3.31. The molecule has 0 amide bonds. The molecule has 0 heterocycles. The zero-order valence-electron chi connectivity index (χ0n) is 10.1. The van der Waals surface area contributed by atoms with Crippen LogP contribution in [0.1, 0.15) is 40.0 Å². The van der Waals surface area contributed by atoms with Crippen LogP contribution in [0.25, 0.3) is 0 Å². The molecule has 0 aromatic heterocycles. The predicted molar refractivity (Wildman–Crippen MR) is 62.5 cm³/mol. The Labute approximate surface area is 96.6 Å². The smallest absolute Gasteiger partial charge is 0.196 e. The topological polar surface area (TPSA) is 40.9 Å². The van der Waals surface area contributed by atoms with Gasteiger partial charge in [0.05, 0.1) is 5.57 Å². The van der Waals surface area contributed by atoms with Gasteiger partial charge in [0.1, 0.15) is 6.07 Å². The number of nitriles is 1. The number of allylic oxidation sites excluding steroid dienone is 4. The maximum absolute atomic E-state index is 11.7. The van der Waals surface area contributed by atoms with Crippen LogP contribution in [0.2, 0.25) is 0 Å². The van der Waals surface area contributed by atoms with Crippen LogP contribution in [0.4, 0.5) is 0 Å². The molecule has 2 aliphatic rings. The Bertz CT molecular complexity index is 448. The Morgan fingerprint density at radius 2 is 2.12 bits per heavy atom. The van der Waals surface area contributed by atoms with Crippen molar-refractivity contribution in [3.8, 4) is 6.07 Å². The van der Waals surface area contributed by atoms with Crippen LogP contribution >= 0.6 is 0 Å². The summed E-state index contributed by atoms with van der Waals surface area (Å²) in [6.45, 7) is 6.51. The van der Waals surface area contributed by atoms with E-state index < -0.39 is 0 Å². The Morgan fingerprint density at radius 1 is 1.44 bits per heavy atom. The number of carbonyl (C=O) groups excluding carboxylic acids is 1. The second-order valence-electron chi connectivity index (χ2n) is 5.49. The van der Waals surface area contributed by atoms with Gasteiger partial charge in [-0.3, -0.25) is 4.79 Å². The van der Waals surface area contributed by atoms with Crippen molar-refractivity contribution in [2.45, 2.75) is 40.0 Å². The minimum atomic E-state index is -0.114. The third kappa shape index (κ3) is 1.35. The molecule has 84 valence electrons. The van der Waals surface area contributed by atoms with Gasteiger partial charge in [-0.25, -0.2) is 0 Å². The summed E-state index contributed by atoms with van der Waals surface area (Å²) < 4.78 is 0. The number of rotatable bonds is 1. The normalized spacial score (nSPS) is 31.5. The number of carbonyl (C=O) groups is 1. The van der Waals surface area contributed by atoms with Crippen LogP contribution < -0.4 is 0 Å². The van der Waals surface area contributed by atoms with E-state index in [1.54, 1.807) is 6.08 Å². The van der Waals surface area contributed by atoms with E-state index in [0.717, 1.165) is 19.3 Å². The lowest BCUT2D eigenvalue weighted by atomic mass is 9.70. The molecule has 2 aliphatic carbocycles. The Balaban J connectivity index is 2.56. The van der Waals surface area contributed by atoms with E-state index in [9.17, 15) is 4.79 Å². The van der Waals surface area contributed by atoms with Crippen LogP contribution in [-0.4, -0.2) is 5.78 Å². The molecule has 2 rings (SSSR count). The number of fused-ring (bicyclic) bond motifs is 1. The lowest BCUT2D eigenvalue weighted by Crippen LogP contribution is -2.26. The van der Waals surface area contributed by atoms with Gasteiger partial charge >= 0.3 is 0 Å². The number of hydrogen-bond donors (Lipinski definition) is 0. The fraction of sp³-hybridized carbons (Fsp3) is 0.571. The lowest BCUT2D eigenvalue weighted by molar-refractivity contribution is -0.111. The molecule has 0 bridgehead atoms. The zero-order valence-corrected chi connectivity index (χ0v) is 10.1. The average molecular weight is 215 g/mol. The van der Waals surface area contributed by atoms with Gasteiger partial charge in [-0.2, -0.15) is 5.26 Å². The summed E-state index contributed by atoms with van der Waals surface area (Å²) in [5.41, 5.74) is 1.63. The summed E-state index contributed by atoms with van der Waals surface area (Å²) in [5.74, 6) is -0.114. The summed E-state index contributed by atoms with van der Waals surface area (Å²) >= 11 is 0. The van der Waals surface area contributed by atoms with Gasteiger partial charge in [0.15, 0.2) is 5.78 Å². The maximum atomic E-state index is 11.7. The Morgan fingerprint density at radius 3 is 2.69 bits per heavy atom. The van der Waals surface area contributed by atoms with Crippen molar-refractivity contribution in [2.75, 3.05) is 0 Å². The molecule has 0 spiro atoms. The van der Waals surface area contributed by atoms with Crippen molar-refractivity contribution in [3.05, 3.63) is 23.3 Å². The van der Waals surface area contributed by atoms with Gasteiger partial charge in [-0.05, 0) is 30.8 Å². The van der Waals surface area contributed by atoms with Crippen molar-refractivity contribution in [2.24, 2.45) is 10.8 Å². The molecule has 2 nitrogen and oxygen atoms in total. The zero-order chi connectivity index (χ0) is 12.0. The van der Waals surface area contributed by atoms with Gasteiger partial charge in [0.25, 0.3) is 0 Å². The van der Waals surface area contributed by atoms with E-state index in [4.69, 9.17) is 5.26 Å². The van der Waals surface area contributed by atoms with Crippen molar-refractivity contribution >= 4 is 5.78 Å². The van der Waals surface area contributed by atoms with Crippen molar-refractivity contribution in [3.63, 3.8) is 0 Å². The summed E-state index contributed by atoms with van der Waals surface area (Å²) in [7, 11) is 0. The molecule has 16 heavy (non-hydrogen) atoms. The lowest BCUT2D eigenvalue weighted by Gasteiger charge is -2.33. The molecule has 0 aromatic carbocycles. The van der Waals surface area contributed by atoms with Crippen LogP contribution in [0.5, 0.6) is 0 Å². The molecule has 1 unspecified atom stereocenters. The first-order valence-electron chi connectivity index (χ1n) is 5.85. The standard InChI is InChI=1S/C14H17NO/c1-4-14-6-5-13(2,3)12(14)7-11(16)10(8-14)9-15/h7-8H,4-6H2,1-3H3. The third-order valence-corrected chi connectivity index (χ3v) is 4.17. The fourth-order valence-corrected chi connectivity index (χ4v) is 3.08. The van der Waals surface area contributed by atoms with Gasteiger partial charge in [-0.1, -0.05) is 32.4 Å². The minimum Gasteiger partial charge on any atom is -0.288 e. The van der Waals surface area contributed by atoms with Gasteiger partial charge in [-0.15, -0.1) is 0 Å². The molecule has 0 aromatic rings. The second-order valence-corrected chi connectivity index (χ2v) is 5.49. The fourth-order valence-electron chi connectivity index (χ4n) is 3.08. The molecular formula is C14H17NO. The number of nitrogens with zero attached hydrogens (tertiary/aromatic N) is 1. The van der Waals surface area contributed by atoms with E-state index >= 15 is 0 Å². The molecule has 1 saturated carbocycles. The Kier molecular flexibility index (Phi) is 2.31. The summed E-state index contributed by atoms with van der Waals surface area (Å²) in [4.78, 5) is 11.7. The summed E-state index contributed by atoms with van der Waals surface area (Å²) in [5, 5.41) is 8.95. The largest absolute Gasteiger partial charge is 0.288 e. The maximum Gasteiger partial charge on any atom is 0.196 e. The third-order valence-electron chi connectivity index (χ3n) is 4.17. The monoisotopic (exact) mass is 215 g/mol. The van der Waals surface area contributed by atoms with E-state index in [1.165, 1.54) is 5.57 Å². The Hall–Kier alpha value is -1.36. The highest BCUT2D eigenvalue weighted by Gasteiger charge is 2.47. The quantitative estimate of drug-likeness (QED) is 0.674. The molecule has 0 N–H and O–H groups in total. The SMILES string of the molecule is CCC12C=C(C#N)C(=O)C=C1C(C)(C)CC2. The predicted octanol–water partition coefficient (Wildman–Crippen LogP) is 3.16. The summed E-state index contributed by atoms with van der Waals surface area (Å²) in [6, 6.07) is 2.02. The summed E-state index contributed by atoms with van der Waals surface area (Å²) in [6.07, 6.45) is 6.76. The van der Waals surface area contributed by atoms with E-state index in [-0.39, 0.29) is 16.6 Å². The van der Waals surface area contributed by atoms with E-state index in [0.29, 0.717) is 5.57 Å². The van der Waals surface area contributed by atoms with Crippen molar-refractivity contribution in [1.29, 1.82) is 5.26 Å². The van der Waals surface area contributed by atoms with E-state index in [1.807, 2.05) is 12.1 Å². The molecule has 0 saturated heterocycles. The molecule has 1 fully saturated rings. The highest BCUT2D eigenvalue weighted by molar-refractivity contribution is 6.08. The van der Waals surface area contributed by atoms with Gasteiger partial charge in [0, 0.05) is 5.41 Å².